The summed E-state index contributed by atoms with van der Waals surface area (Å²) in [7, 11) is -3.55. The number of anilines is 1. The van der Waals surface area contributed by atoms with E-state index in [1.807, 2.05) is 12.1 Å². The standard InChI is InChI=1S/C18H21N3O3S/c1-18(2,25(22,23)16-5-3-4-14(12-16)13-19)15-6-9-21(10-7-15)17-8-11-24-20-17/h3-5,8,11-12,15H,6-7,9-10H2,1-2H3. The quantitative estimate of drug-likeness (QED) is 0.834. The Morgan fingerprint density at radius 1 is 1.28 bits per heavy atom. The molecule has 0 bridgehead atoms. The SMILES string of the molecule is CC(C)(C1CCN(c2ccon2)CC1)S(=O)(=O)c1cccc(C#N)c1. The zero-order valence-corrected chi connectivity index (χ0v) is 15.2. The lowest BCUT2D eigenvalue weighted by atomic mass is 9.86. The molecule has 1 aliphatic heterocycles. The molecule has 1 fully saturated rings. The Bertz CT molecular complexity index is 875. The first-order valence-corrected chi connectivity index (χ1v) is 9.74. The maximum Gasteiger partial charge on any atom is 0.183 e. The summed E-state index contributed by atoms with van der Waals surface area (Å²) in [5, 5.41) is 13.0. The van der Waals surface area contributed by atoms with Gasteiger partial charge in [-0.3, -0.25) is 0 Å². The molecule has 2 heterocycles. The van der Waals surface area contributed by atoms with Crippen molar-refractivity contribution in [2.75, 3.05) is 18.0 Å². The van der Waals surface area contributed by atoms with Crippen LogP contribution < -0.4 is 4.90 Å². The fraction of sp³-hybridized carbons (Fsp3) is 0.444. The third-order valence-electron chi connectivity index (χ3n) is 5.19. The minimum atomic E-state index is -3.55. The van der Waals surface area contributed by atoms with Gasteiger partial charge in [-0.1, -0.05) is 11.2 Å². The van der Waals surface area contributed by atoms with E-state index in [1.54, 1.807) is 32.0 Å². The number of benzene rings is 1. The van der Waals surface area contributed by atoms with Gasteiger partial charge in [0.2, 0.25) is 0 Å². The maximum atomic E-state index is 13.2. The number of nitriles is 1. The highest BCUT2D eigenvalue weighted by Gasteiger charge is 2.44. The lowest BCUT2D eigenvalue weighted by Gasteiger charge is -2.40. The summed E-state index contributed by atoms with van der Waals surface area (Å²) in [4.78, 5) is 2.33. The highest BCUT2D eigenvalue weighted by atomic mass is 32.2. The van der Waals surface area contributed by atoms with Crippen LogP contribution in [0.25, 0.3) is 0 Å². The molecule has 1 aliphatic rings. The fourth-order valence-electron chi connectivity index (χ4n) is 3.43. The van der Waals surface area contributed by atoms with Gasteiger partial charge in [-0.15, -0.1) is 0 Å². The molecule has 1 aromatic carbocycles. The smallest absolute Gasteiger partial charge is 0.183 e. The highest BCUT2D eigenvalue weighted by Crippen LogP contribution is 2.38. The molecule has 1 aromatic heterocycles. The predicted octanol–water partition coefficient (Wildman–Crippen LogP) is 3.02. The van der Waals surface area contributed by atoms with Crippen molar-refractivity contribution in [1.82, 2.24) is 5.16 Å². The van der Waals surface area contributed by atoms with Gasteiger partial charge < -0.3 is 9.42 Å². The van der Waals surface area contributed by atoms with Crippen molar-refractivity contribution in [3.05, 3.63) is 42.2 Å². The molecule has 0 amide bonds. The first-order valence-electron chi connectivity index (χ1n) is 8.26. The molecule has 132 valence electrons. The van der Waals surface area contributed by atoms with E-state index < -0.39 is 14.6 Å². The average Bonchev–Trinajstić information content (AvgIpc) is 3.16. The van der Waals surface area contributed by atoms with Crippen LogP contribution in [0.2, 0.25) is 0 Å². The molecule has 0 unspecified atom stereocenters. The van der Waals surface area contributed by atoms with Crippen LogP contribution in [-0.4, -0.2) is 31.4 Å². The molecule has 3 rings (SSSR count). The first kappa shape index (κ1) is 17.5. The van der Waals surface area contributed by atoms with Crippen LogP contribution in [0.5, 0.6) is 0 Å². The van der Waals surface area contributed by atoms with Gasteiger partial charge in [0.05, 0.1) is 21.3 Å². The Kier molecular flexibility index (Phi) is 4.56. The normalized spacial score (nSPS) is 16.6. The summed E-state index contributed by atoms with van der Waals surface area (Å²) >= 11 is 0. The summed E-state index contributed by atoms with van der Waals surface area (Å²) < 4.78 is 30.3. The third kappa shape index (κ3) is 3.14. The minimum absolute atomic E-state index is 0.0337. The Hall–Kier alpha value is -2.33. The first-order chi connectivity index (χ1) is 11.9. The second-order valence-corrected chi connectivity index (χ2v) is 9.40. The van der Waals surface area contributed by atoms with Crippen molar-refractivity contribution < 1.29 is 12.9 Å². The zero-order valence-electron chi connectivity index (χ0n) is 14.3. The van der Waals surface area contributed by atoms with E-state index >= 15 is 0 Å². The summed E-state index contributed by atoms with van der Waals surface area (Å²) in [5.74, 6) is 0.826. The number of nitrogens with zero attached hydrogens (tertiary/aromatic N) is 3. The van der Waals surface area contributed by atoms with Crippen molar-refractivity contribution >= 4 is 15.7 Å². The van der Waals surface area contributed by atoms with Crippen molar-refractivity contribution in [3.8, 4) is 6.07 Å². The number of sulfone groups is 1. The van der Waals surface area contributed by atoms with Gasteiger partial charge in [-0.25, -0.2) is 8.42 Å². The number of rotatable bonds is 4. The van der Waals surface area contributed by atoms with Crippen molar-refractivity contribution in [1.29, 1.82) is 5.26 Å². The van der Waals surface area contributed by atoms with E-state index in [0.717, 1.165) is 31.7 Å². The molecule has 0 N–H and O–H groups in total. The van der Waals surface area contributed by atoms with Crippen molar-refractivity contribution in [2.24, 2.45) is 5.92 Å². The van der Waals surface area contributed by atoms with Crippen molar-refractivity contribution in [2.45, 2.75) is 36.3 Å². The topological polar surface area (TPSA) is 87.2 Å². The van der Waals surface area contributed by atoms with Crippen LogP contribution in [0.1, 0.15) is 32.3 Å². The van der Waals surface area contributed by atoms with Crippen LogP contribution in [-0.2, 0) is 9.84 Å². The molecular weight excluding hydrogens is 338 g/mol. The van der Waals surface area contributed by atoms with Gasteiger partial charge >= 0.3 is 0 Å². The minimum Gasteiger partial charge on any atom is -0.363 e. The Morgan fingerprint density at radius 2 is 2.00 bits per heavy atom. The predicted molar refractivity (Wildman–Crippen MR) is 93.9 cm³/mol. The summed E-state index contributed by atoms with van der Waals surface area (Å²) in [6.07, 6.45) is 3.06. The van der Waals surface area contributed by atoms with Gasteiger partial charge in [0.1, 0.15) is 6.26 Å². The monoisotopic (exact) mass is 359 g/mol. The molecule has 2 aromatic rings. The Morgan fingerprint density at radius 3 is 2.60 bits per heavy atom. The van der Waals surface area contributed by atoms with E-state index in [9.17, 15) is 8.42 Å². The van der Waals surface area contributed by atoms with Crippen LogP contribution in [0.3, 0.4) is 0 Å². The summed E-state index contributed by atoms with van der Waals surface area (Å²) in [5.41, 5.74) is 0.359. The van der Waals surface area contributed by atoms with E-state index in [1.165, 1.54) is 12.3 Å². The molecule has 0 spiro atoms. The fourth-order valence-corrected chi connectivity index (χ4v) is 5.25. The van der Waals surface area contributed by atoms with E-state index in [0.29, 0.717) is 5.56 Å². The van der Waals surface area contributed by atoms with Gasteiger partial charge in [-0.2, -0.15) is 5.26 Å². The van der Waals surface area contributed by atoms with Gasteiger partial charge in [0.15, 0.2) is 15.7 Å². The van der Waals surface area contributed by atoms with Gasteiger partial charge in [0.25, 0.3) is 0 Å². The molecule has 1 saturated heterocycles. The zero-order chi connectivity index (χ0) is 18.1. The highest BCUT2D eigenvalue weighted by molar-refractivity contribution is 7.92. The van der Waals surface area contributed by atoms with E-state index in [4.69, 9.17) is 9.78 Å². The number of aromatic nitrogens is 1. The van der Waals surface area contributed by atoms with Crippen LogP contribution in [0.4, 0.5) is 5.82 Å². The number of hydrogen-bond acceptors (Lipinski definition) is 6. The van der Waals surface area contributed by atoms with Gasteiger partial charge in [0, 0.05) is 19.2 Å². The molecule has 25 heavy (non-hydrogen) atoms. The van der Waals surface area contributed by atoms with Crippen LogP contribution in [0.15, 0.2) is 46.0 Å². The van der Waals surface area contributed by atoms with Crippen molar-refractivity contribution in [3.63, 3.8) is 0 Å². The van der Waals surface area contributed by atoms with E-state index in [2.05, 4.69) is 10.1 Å². The molecular formula is C18H21N3O3S. The maximum absolute atomic E-state index is 13.2. The Labute approximate surface area is 148 Å². The van der Waals surface area contributed by atoms with Crippen LogP contribution in [0, 0.1) is 17.2 Å². The second-order valence-electron chi connectivity index (χ2n) is 6.87. The molecule has 0 radical (unpaired) electrons. The second kappa shape index (κ2) is 6.52. The molecule has 0 saturated carbocycles. The Balaban J connectivity index is 1.80. The molecule has 6 nitrogen and oxygen atoms in total. The van der Waals surface area contributed by atoms with E-state index in [-0.39, 0.29) is 10.8 Å². The summed E-state index contributed by atoms with van der Waals surface area (Å²) in [6.45, 7) is 5.07. The molecule has 7 heteroatoms. The lowest BCUT2D eigenvalue weighted by Crippen LogP contribution is -2.46. The average molecular weight is 359 g/mol. The third-order valence-corrected chi connectivity index (χ3v) is 7.79. The van der Waals surface area contributed by atoms with Crippen LogP contribution >= 0.6 is 0 Å². The lowest BCUT2D eigenvalue weighted by molar-refractivity contribution is 0.321. The summed E-state index contributed by atoms with van der Waals surface area (Å²) in [6, 6.07) is 10.1. The largest absolute Gasteiger partial charge is 0.363 e. The molecule has 0 aliphatic carbocycles. The number of hydrogen-bond donors (Lipinski definition) is 0. The van der Waals surface area contributed by atoms with Gasteiger partial charge in [-0.05, 0) is 50.8 Å². The molecule has 0 atom stereocenters. The number of piperidine rings is 1.